The second-order valence-corrected chi connectivity index (χ2v) is 4.86. The van der Waals surface area contributed by atoms with Gasteiger partial charge in [-0.2, -0.15) is 0 Å². The van der Waals surface area contributed by atoms with E-state index in [9.17, 15) is 4.79 Å². The van der Waals surface area contributed by atoms with Gasteiger partial charge in [0, 0.05) is 31.0 Å². The summed E-state index contributed by atoms with van der Waals surface area (Å²) in [5.41, 5.74) is 0.376. The van der Waals surface area contributed by atoms with Gasteiger partial charge in [-0.15, -0.1) is 12.4 Å². The molecule has 1 spiro atoms. The summed E-state index contributed by atoms with van der Waals surface area (Å²) in [6.45, 7) is 7.15. The second kappa shape index (κ2) is 4.07. The molecule has 1 saturated heterocycles. The minimum atomic E-state index is 0. The first kappa shape index (κ1) is 11.8. The van der Waals surface area contributed by atoms with Crippen molar-refractivity contribution in [1.29, 1.82) is 0 Å². The van der Waals surface area contributed by atoms with E-state index in [0.717, 1.165) is 26.1 Å². The van der Waals surface area contributed by atoms with Crippen LogP contribution >= 0.6 is 12.4 Å². The summed E-state index contributed by atoms with van der Waals surface area (Å²) in [6.07, 6.45) is 1.10. The maximum absolute atomic E-state index is 11.6. The third-order valence-electron chi connectivity index (χ3n) is 3.14. The number of carbonyl (C=O) groups is 1. The van der Waals surface area contributed by atoms with E-state index in [-0.39, 0.29) is 18.3 Å². The average molecular weight is 219 g/mol. The molecule has 2 N–H and O–H groups in total. The van der Waals surface area contributed by atoms with E-state index in [4.69, 9.17) is 0 Å². The molecule has 2 aliphatic rings. The Bertz CT molecular complexity index is 226. The Hall–Kier alpha value is -0.280. The highest BCUT2D eigenvalue weighted by Crippen LogP contribution is 2.55. The quantitative estimate of drug-likeness (QED) is 0.736. The number of hydrogen-bond donors (Lipinski definition) is 2. The van der Waals surface area contributed by atoms with Gasteiger partial charge in [0.1, 0.15) is 0 Å². The van der Waals surface area contributed by atoms with E-state index >= 15 is 0 Å². The van der Waals surface area contributed by atoms with Gasteiger partial charge < -0.3 is 10.6 Å². The van der Waals surface area contributed by atoms with Gasteiger partial charge in [0.05, 0.1) is 0 Å². The molecular formula is C10H19ClN2O. The van der Waals surface area contributed by atoms with E-state index < -0.39 is 0 Å². The van der Waals surface area contributed by atoms with E-state index in [1.165, 1.54) is 0 Å². The molecule has 2 rings (SSSR count). The van der Waals surface area contributed by atoms with Crippen LogP contribution < -0.4 is 10.6 Å². The summed E-state index contributed by atoms with van der Waals surface area (Å²) in [4.78, 5) is 11.6. The molecule has 0 aromatic heterocycles. The lowest BCUT2D eigenvalue weighted by Gasteiger charge is -2.28. The van der Waals surface area contributed by atoms with Gasteiger partial charge in [0.2, 0.25) is 5.91 Å². The molecule has 3 nitrogen and oxygen atoms in total. The van der Waals surface area contributed by atoms with Gasteiger partial charge in [0.15, 0.2) is 0 Å². The fraction of sp³-hybridized carbons (Fsp3) is 0.900. The van der Waals surface area contributed by atoms with Crippen LogP contribution in [0.1, 0.15) is 20.3 Å². The zero-order chi connectivity index (χ0) is 9.47. The first-order valence-corrected chi connectivity index (χ1v) is 5.12. The van der Waals surface area contributed by atoms with E-state index in [2.05, 4.69) is 24.5 Å². The Kier molecular flexibility index (Phi) is 3.43. The maximum atomic E-state index is 11.6. The maximum Gasteiger partial charge on any atom is 0.223 e. The first-order valence-electron chi connectivity index (χ1n) is 5.12. The molecular weight excluding hydrogens is 200 g/mol. The van der Waals surface area contributed by atoms with Crippen molar-refractivity contribution in [2.24, 2.45) is 17.3 Å². The minimum Gasteiger partial charge on any atom is -0.356 e. The molecule has 1 aliphatic heterocycles. The summed E-state index contributed by atoms with van der Waals surface area (Å²) in [5.74, 6) is 1.14. The first-order chi connectivity index (χ1) is 6.14. The smallest absolute Gasteiger partial charge is 0.223 e. The second-order valence-electron chi connectivity index (χ2n) is 4.86. The normalized spacial score (nSPS) is 26.6. The zero-order valence-electron chi connectivity index (χ0n) is 8.80. The third kappa shape index (κ3) is 2.04. The summed E-state index contributed by atoms with van der Waals surface area (Å²) < 4.78 is 0. The van der Waals surface area contributed by atoms with Crippen LogP contribution in [0, 0.1) is 17.3 Å². The Balaban J connectivity index is 0.000000980. The van der Waals surface area contributed by atoms with Crippen LogP contribution in [0.4, 0.5) is 0 Å². The molecule has 0 aromatic carbocycles. The Labute approximate surface area is 91.4 Å². The van der Waals surface area contributed by atoms with Gasteiger partial charge in [-0.3, -0.25) is 4.79 Å². The molecule has 2 fully saturated rings. The van der Waals surface area contributed by atoms with Crippen molar-refractivity contribution in [2.75, 3.05) is 19.6 Å². The minimum absolute atomic E-state index is 0. The molecule has 0 bridgehead atoms. The fourth-order valence-electron chi connectivity index (χ4n) is 1.98. The number of hydrogen-bond acceptors (Lipinski definition) is 2. The van der Waals surface area contributed by atoms with Crippen LogP contribution in [0.2, 0.25) is 0 Å². The van der Waals surface area contributed by atoms with Crippen LogP contribution in [0.25, 0.3) is 0 Å². The van der Waals surface area contributed by atoms with E-state index in [1.807, 2.05) is 0 Å². The molecule has 1 heterocycles. The molecule has 1 saturated carbocycles. The molecule has 1 atom stereocenters. The Morgan fingerprint density at radius 3 is 2.57 bits per heavy atom. The molecule has 82 valence electrons. The van der Waals surface area contributed by atoms with Crippen LogP contribution in [0.15, 0.2) is 0 Å². The Morgan fingerprint density at radius 1 is 1.57 bits per heavy atom. The van der Waals surface area contributed by atoms with E-state index in [0.29, 0.717) is 17.3 Å². The van der Waals surface area contributed by atoms with Crippen molar-refractivity contribution < 1.29 is 4.79 Å². The highest BCUT2D eigenvalue weighted by atomic mass is 35.5. The lowest BCUT2D eigenvalue weighted by molar-refractivity contribution is -0.123. The van der Waals surface area contributed by atoms with Crippen LogP contribution in [-0.2, 0) is 4.79 Å². The summed E-state index contributed by atoms with van der Waals surface area (Å²) >= 11 is 0. The highest BCUT2D eigenvalue weighted by molar-refractivity contribution is 5.85. The lowest BCUT2D eigenvalue weighted by Crippen LogP contribution is -2.47. The molecule has 1 aliphatic carbocycles. The van der Waals surface area contributed by atoms with Crippen LogP contribution in [0.3, 0.4) is 0 Å². The number of amides is 1. The van der Waals surface area contributed by atoms with Gasteiger partial charge in [-0.25, -0.2) is 0 Å². The SMILES string of the molecule is CC(C)CNC(=O)C1CC12CNC2.Cl. The average Bonchev–Trinajstić information content (AvgIpc) is 2.73. The van der Waals surface area contributed by atoms with Crippen molar-refractivity contribution in [1.82, 2.24) is 10.6 Å². The van der Waals surface area contributed by atoms with Gasteiger partial charge in [-0.05, 0) is 12.3 Å². The summed E-state index contributed by atoms with van der Waals surface area (Å²) in [6, 6.07) is 0. The van der Waals surface area contributed by atoms with Gasteiger partial charge in [-0.1, -0.05) is 13.8 Å². The number of rotatable bonds is 3. The van der Waals surface area contributed by atoms with Crippen molar-refractivity contribution in [3.63, 3.8) is 0 Å². The van der Waals surface area contributed by atoms with Crippen LogP contribution in [0.5, 0.6) is 0 Å². The molecule has 1 amide bonds. The fourth-order valence-corrected chi connectivity index (χ4v) is 1.98. The lowest BCUT2D eigenvalue weighted by atomic mass is 9.96. The van der Waals surface area contributed by atoms with Crippen molar-refractivity contribution >= 4 is 18.3 Å². The summed E-state index contributed by atoms with van der Waals surface area (Å²) in [5, 5.41) is 6.23. The van der Waals surface area contributed by atoms with Crippen molar-refractivity contribution in [3.8, 4) is 0 Å². The third-order valence-corrected chi connectivity index (χ3v) is 3.14. The van der Waals surface area contributed by atoms with E-state index in [1.54, 1.807) is 0 Å². The molecule has 14 heavy (non-hydrogen) atoms. The number of carbonyl (C=O) groups excluding carboxylic acids is 1. The monoisotopic (exact) mass is 218 g/mol. The standard InChI is InChI=1S/C10H18N2O.ClH/c1-7(2)4-12-9(13)8-3-10(8)5-11-6-10;/h7-8,11H,3-6H2,1-2H3,(H,12,13);1H. The molecule has 4 heteroatoms. The topological polar surface area (TPSA) is 41.1 Å². The van der Waals surface area contributed by atoms with Gasteiger partial charge in [0.25, 0.3) is 0 Å². The largest absolute Gasteiger partial charge is 0.356 e. The Morgan fingerprint density at radius 2 is 2.21 bits per heavy atom. The number of nitrogens with one attached hydrogen (secondary N) is 2. The summed E-state index contributed by atoms with van der Waals surface area (Å²) in [7, 11) is 0. The molecule has 0 aromatic rings. The van der Waals surface area contributed by atoms with Gasteiger partial charge >= 0.3 is 0 Å². The predicted octanol–water partition coefficient (Wildman–Crippen LogP) is 0.790. The zero-order valence-corrected chi connectivity index (χ0v) is 9.62. The van der Waals surface area contributed by atoms with Crippen molar-refractivity contribution in [3.05, 3.63) is 0 Å². The number of halogens is 1. The predicted molar refractivity (Wildman–Crippen MR) is 58.5 cm³/mol. The highest BCUT2D eigenvalue weighted by Gasteiger charge is 2.61. The molecule has 0 radical (unpaired) electrons. The molecule has 1 unspecified atom stereocenters. The van der Waals surface area contributed by atoms with Crippen LogP contribution in [-0.4, -0.2) is 25.5 Å². The van der Waals surface area contributed by atoms with Crippen molar-refractivity contribution in [2.45, 2.75) is 20.3 Å².